The lowest BCUT2D eigenvalue weighted by atomic mass is 10.0. The molecule has 104 valence electrons. The number of hydrogen-bond acceptors (Lipinski definition) is 2. The number of thioether (sulfide) groups is 1. The lowest BCUT2D eigenvalue weighted by Crippen LogP contribution is -1.97. The zero-order valence-corrected chi connectivity index (χ0v) is 12.1. The van der Waals surface area contributed by atoms with E-state index >= 15 is 0 Å². The molecule has 0 atom stereocenters. The second kappa shape index (κ2) is 5.04. The van der Waals surface area contributed by atoms with E-state index in [4.69, 9.17) is 4.98 Å². The smallest absolute Gasteiger partial charge is 0.169 e. The largest absolute Gasteiger partial charge is 0.318 e. The van der Waals surface area contributed by atoms with E-state index in [1.807, 2.05) is 18.2 Å². The third kappa shape index (κ3) is 2.16. The van der Waals surface area contributed by atoms with Crippen molar-refractivity contribution in [2.45, 2.75) is 11.7 Å². The molecule has 2 heterocycles. The molecule has 0 aliphatic carbocycles. The summed E-state index contributed by atoms with van der Waals surface area (Å²) in [7, 11) is 0. The number of imidazole rings is 1. The van der Waals surface area contributed by atoms with E-state index < -0.39 is 0 Å². The predicted octanol–water partition coefficient (Wildman–Crippen LogP) is 4.46. The molecule has 1 aliphatic rings. The first-order chi connectivity index (χ1) is 10.3. The molecular formula is C17H13FN2S. The Morgan fingerprint density at radius 3 is 2.48 bits per heavy atom. The van der Waals surface area contributed by atoms with E-state index in [0.29, 0.717) is 0 Å². The molecule has 2 aromatic carbocycles. The van der Waals surface area contributed by atoms with Crippen LogP contribution in [0, 0.1) is 5.82 Å². The Kier molecular flexibility index (Phi) is 3.04. The summed E-state index contributed by atoms with van der Waals surface area (Å²) in [5.41, 5.74) is 4.17. The number of aromatic nitrogens is 2. The van der Waals surface area contributed by atoms with Crippen molar-refractivity contribution in [1.82, 2.24) is 9.55 Å². The van der Waals surface area contributed by atoms with Crippen LogP contribution >= 0.6 is 11.8 Å². The predicted molar refractivity (Wildman–Crippen MR) is 83.8 cm³/mol. The van der Waals surface area contributed by atoms with Crippen molar-refractivity contribution < 1.29 is 4.39 Å². The highest BCUT2D eigenvalue weighted by Gasteiger charge is 2.23. The lowest BCUT2D eigenvalue weighted by Gasteiger charge is -2.08. The van der Waals surface area contributed by atoms with E-state index in [1.54, 1.807) is 23.9 Å². The minimum atomic E-state index is -0.221. The monoisotopic (exact) mass is 296 g/mol. The highest BCUT2D eigenvalue weighted by molar-refractivity contribution is 7.99. The number of rotatable bonds is 2. The Bertz CT molecular complexity index is 779. The molecule has 1 aliphatic heterocycles. The lowest BCUT2D eigenvalue weighted by molar-refractivity contribution is 0.628. The van der Waals surface area contributed by atoms with Gasteiger partial charge in [-0.3, -0.25) is 0 Å². The maximum absolute atomic E-state index is 13.2. The number of hydrogen-bond donors (Lipinski definition) is 0. The summed E-state index contributed by atoms with van der Waals surface area (Å²) in [6.07, 6.45) is 0. The average Bonchev–Trinajstić information content (AvgIpc) is 3.09. The Balaban J connectivity index is 1.94. The standard InChI is InChI=1S/C17H13FN2S/c18-14-8-6-12(7-9-14)15-16(13-4-2-1-3-5-13)20-10-11-21-17(20)19-15/h1-9H,10-11H2. The first-order valence-electron chi connectivity index (χ1n) is 6.87. The summed E-state index contributed by atoms with van der Waals surface area (Å²) in [6.45, 7) is 0.971. The fourth-order valence-corrected chi connectivity index (χ4v) is 3.63. The number of benzene rings is 2. The molecule has 3 aromatic rings. The molecule has 0 amide bonds. The zero-order chi connectivity index (χ0) is 14.2. The Hall–Kier alpha value is -2.07. The molecule has 0 bridgehead atoms. The quantitative estimate of drug-likeness (QED) is 0.694. The molecule has 4 rings (SSSR count). The van der Waals surface area contributed by atoms with Gasteiger partial charge in [0.25, 0.3) is 0 Å². The van der Waals surface area contributed by atoms with Gasteiger partial charge in [-0.2, -0.15) is 0 Å². The van der Waals surface area contributed by atoms with Crippen LogP contribution in [0.5, 0.6) is 0 Å². The molecule has 0 radical (unpaired) electrons. The number of fused-ring (bicyclic) bond motifs is 1. The van der Waals surface area contributed by atoms with Crippen LogP contribution in [0.2, 0.25) is 0 Å². The Labute approximate surface area is 126 Å². The van der Waals surface area contributed by atoms with Crippen LogP contribution in [0.15, 0.2) is 59.8 Å². The van der Waals surface area contributed by atoms with E-state index in [0.717, 1.165) is 40.0 Å². The van der Waals surface area contributed by atoms with Crippen LogP contribution in [0.3, 0.4) is 0 Å². The van der Waals surface area contributed by atoms with Gasteiger partial charge in [-0.1, -0.05) is 42.1 Å². The van der Waals surface area contributed by atoms with Crippen molar-refractivity contribution in [3.63, 3.8) is 0 Å². The summed E-state index contributed by atoms with van der Waals surface area (Å²) in [5, 5.41) is 1.05. The maximum atomic E-state index is 13.2. The van der Waals surface area contributed by atoms with Gasteiger partial charge < -0.3 is 4.57 Å². The number of nitrogens with zero attached hydrogens (tertiary/aromatic N) is 2. The molecule has 21 heavy (non-hydrogen) atoms. The fourth-order valence-electron chi connectivity index (χ4n) is 2.68. The first-order valence-corrected chi connectivity index (χ1v) is 7.86. The normalized spacial score (nSPS) is 13.4. The van der Waals surface area contributed by atoms with E-state index in [9.17, 15) is 4.39 Å². The van der Waals surface area contributed by atoms with Crippen molar-refractivity contribution in [2.24, 2.45) is 0 Å². The molecule has 4 heteroatoms. The molecule has 0 spiro atoms. The summed E-state index contributed by atoms with van der Waals surface area (Å²) in [5.74, 6) is 0.840. The highest BCUT2D eigenvalue weighted by atomic mass is 32.2. The highest BCUT2D eigenvalue weighted by Crippen LogP contribution is 2.38. The summed E-state index contributed by atoms with van der Waals surface area (Å²) < 4.78 is 15.4. The number of halogens is 1. The van der Waals surface area contributed by atoms with Crippen molar-refractivity contribution in [3.05, 3.63) is 60.4 Å². The SMILES string of the molecule is Fc1ccc(-c2nc3n(c2-c2ccccc2)CCS3)cc1. The van der Waals surface area contributed by atoms with Crippen LogP contribution in [0.1, 0.15) is 0 Å². The summed E-state index contributed by atoms with van der Waals surface area (Å²) in [4.78, 5) is 4.77. The molecule has 0 saturated carbocycles. The van der Waals surface area contributed by atoms with Crippen molar-refractivity contribution in [2.75, 3.05) is 5.75 Å². The second-order valence-electron chi connectivity index (χ2n) is 4.96. The minimum absolute atomic E-state index is 0.221. The van der Waals surface area contributed by atoms with Crippen molar-refractivity contribution in [3.8, 4) is 22.5 Å². The second-order valence-corrected chi connectivity index (χ2v) is 6.03. The molecule has 0 N–H and O–H groups in total. The summed E-state index contributed by atoms with van der Waals surface area (Å²) in [6, 6.07) is 16.8. The van der Waals surface area contributed by atoms with Crippen molar-refractivity contribution >= 4 is 11.8 Å². The van der Waals surface area contributed by atoms with Crippen LogP contribution in [-0.4, -0.2) is 15.3 Å². The van der Waals surface area contributed by atoms with Gasteiger partial charge in [-0.15, -0.1) is 0 Å². The van der Waals surface area contributed by atoms with E-state index in [2.05, 4.69) is 16.7 Å². The molecular weight excluding hydrogens is 283 g/mol. The van der Waals surface area contributed by atoms with Gasteiger partial charge in [-0.05, 0) is 24.3 Å². The minimum Gasteiger partial charge on any atom is -0.318 e. The van der Waals surface area contributed by atoms with Crippen molar-refractivity contribution in [1.29, 1.82) is 0 Å². The van der Waals surface area contributed by atoms with Gasteiger partial charge in [0, 0.05) is 23.4 Å². The van der Waals surface area contributed by atoms with Gasteiger partial charge in [0.15, 0.2) is 5.16 Å². The van der Waals surface area contributed by atoms with E-state index in [-0.39, 0.29) is 5.82 Å². The van der Waals surface area contributed by atoms with Gasteiger partial charge >= 0.3 is 0 Å². The summed E-state index contributed by atoms with van der Waals surface area (Å²) >= 11 is 1.77. The Morgan fingerprint density at radius 1 is 0.952 bits per heavy atom. The zero-order valence-electron chi connectivity index (χ0n) is 11.3. The molecule has 0 unspecified atom stereocenters. The molecule has 0 fully saturated rings. The van der Waals surface area contributed by atoms with E-state index in [1.165, 1.54) is 12.1 Å². The van der Waals surface area contributed by atoms with Gasteiger partial charge in [0.1, 0.15) is 5.82 Å². The fraction of sp³-hybridized carbons (Fsp3) is 0.118. The van der Waals surface area contributed by atoms with Crippen LogP contribution in [0.25, 0.3) is 22.5 Å². The van der Waals surface area contributed by atoms with Crippen LogP contribution in [0.4, 0.5) is 4.39 Å². The van der Waals surface area contributed by atoms with Gasteiger partial charge in [-0.25, -0.2) is 9.37 Å². The van der Waals surface area contributed by atoms with Crippen LogP contribution in [-0.2, 0) is 6.54 Å². The molecule has 1 aromatic heterocycles. The maximum Gasteiger partial charge on any atom is 0.169 e. The topological polar surface area (TPSA) is 17.8 Å². The van der Waals surface area contributed by atoms with Crippen LogP contribution < -0.4 is 0 Å². The Morgan fingerprint density at radius 2 is 1.71 bits per heavy atom. The average molecular weight is 296 g/mol. The molecule has 0 saturated heterocycles. The van der Waals surface area contributed by atoms with Gasteiger partial charge in [0.05, 0.1) is 11.4 Å². The third-order valence-electron chi connectivity index (χ3n) is 3.64. The molecule has 2 nitrogen and oxygen atoms in total. The third-order valence-corrected chi connectivity index (χ3v) is 4.60. The van der Waals surface area contributed by atoms with Gasteiger partial charge in [0.2, 0.25) is 0 Å². The first kappa shape index (κ1) is 12.7.